The molecule has 2 rings (SSSR count). The van der Waals surface area contributed by atoms with Gasteiger partial charge in [-0.2, -0.15) is 12.7 Å². The second-order valence-corrected chi connectivity index (χ2v) is 7.18. The summed E-state index contributed by atoms with van der Waals surface area (Å²) in [6.45, 7) is 2.54. The van der Waals surface area contributed by atoms with Gasteiger partial charge in [0.1, 0.15) is 0 Å². The van der Waals surface area contributed by atoms with Crippen LogP contribution >= 0.6 is 0 Å². The van der Waals surface area contributed by atoms with E-state index in [1.807, 2.05) is 19.1 Å². The maximum absolute atomic E-state index is 12.6. The number of rotatable bonds is 4. The number of nitrogens with two attached hydrogens (primary N) is 1. The van der Waals surface area contributed by atoms with Crippen LogP contribution in [-0.2, 0) is 15.0 Å². The lowest BCUT2D eigenvalue weighted by atomic mass is 9.95. The SMILES string of the molecule is CC(c1cccnc1)N(C)C(=O)C1CCN(S(N)(=O)=O)CC1. The zero-order chi connectivity index (χ0) is 16.3. The molecule has 22 heavy (non-hydrogen) atoms. The summed E-state index contributed by atoms with van der Waals surface area (Å²) in [5, 5.41) is 5.11. The number of piperidine rings is 1. The smallest absolute Gasteiger partial charge is 0.276 e. The first-order chi connectivity index (χ1) is 10.3. The molecule has 1 fully saturated rings. The van der Waals surface area contributed by atoms with Crippen molar-refractivity contribution in [3.8, 4) is 0 Å². The molecule has 0 aliphatic carbocycles. The Bertz CT molecular complexity index is 612. The van der Waals surface area contributed by atoms with Crippen LogP contribution in [0.1, 0.15) is 31.4 Å². The van der Waals surface area contributed by atoms with Crippen LogP contribution in [0.4, 0.5) is 0 Å². The maximum Gasteiger partial charge on any atom is 0.276 e. The largest absolute Gasteiger partial charge is 0.339 e. The minimum absolute atomic E-state index is 0.0328. The molecular formula is C14H22N4O3S. The first-order valence-electron chi connectivity index (χ1n) is 7.25. The van der Waals surface area contributed by atoms with Crippen LogP contribution < -0.4 is 5.14 Å². The fraction of sp³-hybridized carbons (Fsp3) is 0.571. The van der Waals surface area contributed by atoms with Gasteiger partial charge in [0.2, 0.25) is 5.91 Å². The Labute approximate surface area is 131 Å². The molecule has 2 N–H and O–H groups in total. The Morgan fingerprint density at radius 2 is 2.09 bits per heavy atom. The van der Waals surface area contributed by atoms with E-state index in [2.05, 4.69) is 4.98 Å². The normalized spacial score (nSPS) is 18.9. The molecule has 1 atom stereocenters. The second-order valence-electron chi connectivity index (χ2n) is 5.63. The zero-order valence-corrected chi connectivity index (χ0v) is 13.7. The molecule has 0 spiro atoms. The predicted octanol–water partition coefficient (Wildman–Crippen LogP) is 0.517. The Balaban J connectivity index is 1.98. The van der Waals surface area contributed by atoms with E-state index in [1.165, 1.54) is 4.31 Å². The molecule has 0 radical (unpaired) electrons. The Kier molecular flexibility index (Phi) is 5.15. The van der Waals surface area contributed by atoms with E-state index in [0.717, 1.165) is 5.56 Å². The molecule has 7 nitrogen and oxygen atoms in total. The third-order valence-electron chi connectivity index (χ3n) is 4.26. The predicted molar refractivity (Wildman–Crippen MR) is 82.8 cm³/mol. The molecule has 2 heterocycles. The first-order valence-corrected chi connectivity index (χ1v) is 8.75. The lowest BCUT2D eigenvalue weighted by Gasteiger charge is -2.33. The number of carbonyl (C=O) groups excluding carboxylic acids is 1. The fourth-order valence-electron chi connectivity index (χ4n) is 2.68. The third-order valence-corrected chi connectivity index (χ3v) is 5.34. The summed E-state index contributed by atoms with van der Waals surface area (Å²) >= 11 is 0. The third kappa shape index (κ3) is 3.82. The van der Waals surface area contributed by atoms with E-state index in [-0.39, 0.29) is 17.9 Å². The molecule has 1 aliphatic rings. The van der Waals surface area contributed by atoms with Crippen LogP contribution in [0, 0.1) is 5.92 Å². The number of aromatic nitrogens is 1. The molecule has 1 amide bonds. The van der Waals surface area contributed by atoms with Gasteiger partial charge in [0, 0.05) is 38.4 Å². The van der Waals surface area contributed by atoms with Gasteiger partial charge in [-0.05, 0) is 31.4 Å². The van der Waals surface area contributed by atoms with E-state index >= 15 is 0 Å². The van der Waals surface area contributed by atoms with Crippen molar-refractivity contribution >= 4 is 16.1 Å². The van der Waals surface area contributed by atoms with Gasteiger partial charge in [-0.3, -0.25) is 9.78 Å². The number of pyridine rings is 1. The highest BCUT2D eigenvalue weighted by Crippen LogP contribution is 2.25. The van der Waals surface area contributed by atoms with Crippen LogP contribution in [0.25, 0.3) is 0 Å². The number of amides is 1. The molecule has 1 saturated heterocycles. The zero-order valence-electron chi connectivity index (χ0n) is 12.8. The second kappa shape index (κ2) is 6.72. The summed E-state index contributed by atoms with van der Waals surface area (Å²) < 4.78 is 23.8. The lowest BCUT2D eigenvalue weighted by molar-refractivity contribution is -0.137. The van der Waals surface area contributed by atoms with E-state index in [9.17, 15) is 13.2 Å². The maximum atomic E-state index is 12.6. The van der Waals surface area contributed by atoms with Gasteiger partial charge in [-0.25, -0.2) is 5.14 Å². The quantitative estimate of drug-likeness (QED) is 0.872. The summed E-state index contributed by atoms with van der Waals surface area (Å²) in [6.07, 6.45) is 4.44. The molecule has 0 aromatic carbocycles. The summed E-state index contributed by atoms with van der Waals surface area (Å²) in [6, 6.07) is 3.71. The Morgan fingerprint density at radius 1 is 1.45 bits per heavy atom. The van der Waals surface area contributed by atoms with E-state index in [0.29, 0.717) is 25.9 Å². The van der Waals surface area contributed by atoms with Crippen LogP contribution in [0.2, 0.25) is 0 Å². The Morgan fingerprint density at radius 3 is 2.59 bits per heavy atom. The Hall–Kier alpha value is -1.51. The van der Waals surface area contributed by atoms with E-state index in [4.69, 9.17) is 5.14 Å². The topological polar surface area (TPSA) is 96.6 Å². The van der Waals surface area contributed by atoms with Gasteiger partial charge in [-0.15, -0.1) is 0 Å². The van der Waals surface area contributed by atoms with Gasteiger partial charge in [-0.1, -0.05) is 6.07 Å². The summed E-state index contributed by atoms with van der Waals surface area (Å²) in [5.74, 6) is -0.132. The monoisotopic (exact) mass is 326 g/mol. The van der Waals surface area contributed by atoms with Crippen molar-refractivity contribution in [2.24, 2.45) is 11.1 Å². The van der Waals surface area contributed by atoms with E-state index < -0.39 is 10.2 Å². The van der Waals surface area contributed by atoms with Crippen molar-refractivity contribution in [2.45, 2.75) is 25.8 Å². The average molecular weight is 326 g/mol. The minimum atomic E-state index is -3.65. The highest BCUT2D eigenvalue weighted by Gasteiger charge is 2.32. The molecule has 8 heteroatoms. The molecule has 0 saturated carbocycles. The van der Waals surface area contributed by atoms with Crippen molar-refractivity contribution in [1.82, 2.24) is 14.2 Å². The highest BCUT2D eigenvalue weighted by atomic mass is 32.2. The van der Waals surface area contributed by atoms with Crippen molar-refractivity contribution in [3.63, 3.8) is 0 Å². The van der Waals surface area contributed by atoms with Crippen molar-refractivity contribution in [1.29, 1.82) is 0 Å². The lowest BCUT2D eigenvalue weighted by Crippen LogP contribution is -2.46. The van der Waals surface area contributed by atoms with Gasteiger partial charge in [0.15, 0.2) is 0 Å². The average Bonchev–Trinajstić information content (AvgIpc) is 2.53. The van der Waals surface area contributed by atoms with Crippen LogP contribution in [-0.4, -0.2) is 48.7 Å². The van der Waals surface area contributed by atoms with Crippen LogP contribution in [0.5, 0.6) is 0 Å². The van der Waals surface area contributed by atoms with Gasteiger partial charge in [0.05, 0.1) is 6.04 Å². The number of hydrogen-bond acceptors (Lipinski definition) is 4. The molecule has 1 aromatic heterocycles. The summed E-state index contributed by atoms with van der Waals surface area (Å²) in [4.78, 5) is 18.3. The summed E-state index contributed by atoms with van der Waals surface area (Å²) in [7, 11) is -1.88. The minimum Gasteiger partial charge on any atom is -0.339 e. The fourth-order valence-corrected chi connectivity index (χ4v) is 3.40. The van der Waals surface area contributed by atoms with Gasteiger partial charge < -0.3 is 4.90 Å². The molecule has 1 unspecified atom stereocenters. The van der Waals surface area contributed by atoms with E-state index in [1.54, 1.807) is 24.3 Å². The molecule has 1 aliphatic heterocycles. The van der Waals surface area contributed by atoms with Crippen molar-refractivity contribution in [2.75, 3.05) is 20.1 Å². The number of hydrogen-bond donors (Lipinski definition) is 1. The molecule has 122 valence electrons. The summed E-state index contributed by atoms with van der Waals surface area (Å²) in [5.41, 5.74) is 0.973. The molecule has 0 bridgehead atoms. The van der Waals surface area contributed by atoms with Crippen molar-refractivity contribution in [3.05, 3.63) is 30.1 Å². The number of nitrogens with zero attached hydrogens (tertiary/aromatic N) is 3. The highest BCUT2D eigenvalue weighted by molar-refractivity contribution is 7.86. The first kappa shape index (κ1) is 16.9. The van der Waals surface area contributed by atoms with Crippen molar-refractivity contribution < 1.29 is 13.2 Å². The standard InChI is InChI=1S/C14H22N4O3S/c1-11(13-4-3-7-16-10-13)17(2)14(19)12-5-8-18(9-6-12)22(15,20)21/h3-4,7,10-12H,5-6,8-9H2,1-2H3,(H2,15,20,21). The van der Waals surface area contributed by atoms with Gasteiger partial charge in [0.25, 0.3) is 10.2 Å². The molecular weight excluding hydrogens is 304 g/mol. The van der Waals surface area contributed by atoms with Gasteiger partial charge >= 0.3 is 0 Å². The molecule has 1 aromatic rings. The van der Waals surface area contributed by atoms with Crippen LogP contribution in [0.15, 0.2) is 24.5 Å². The number of carbonyl (C=O) groups is 1. The van der Waals surface area contributed by atoms with Crippen LogP contribution in [0.3, 0.4) is 0 Å².